The monoisotopic (exact) mass is 270 g/mol. The van der Waals surface area contributed by atoms with Gasteiger partial charge in [-0.25, -0.2) is 0 Å². The molecule has 0 saturated carbocycles. The van der Waals surface area contributed by atoms with Crippen molar-refractivity contribution in [1.29, 1.82) is 0 Å². The van der Waals surface area contributed by atoms with E-state index in [9.17, 15) is 0 Å². The van der Waals surface area contributed by atoms with Crippen LogP contribution in [0.1, 0.15) is 5.56 Å². The lowest BCUT2D eigenvalue weighted by Gasteiger charge is -2.01. The SMILES string of the molecule is Cc1cncc2cncc(I)c12. The number of pyridine rings is 2. The molecule has 0 N–H and O–H groups in total. The van der Waals surface area contributed by atoms with Gasteiger partial charge in [0.05, 0.1) is 0 Å². The van der Waals surface area contributed by atoms with Gasteiger partial charge in [-0.05, 0) is 35.1 Å². The first-order valence-electron chi connectivity index (χ1n) is 3.63. The third-order valence-electron chi connectivity index (χ3n) is 1.81. The fraction of sp³-hybridized carbons (Fsp3) is 0.111. The highest BCUT2D eigenvalue weighted by atomic mass is 127. The first-order chi connectivity index (χ1) is 5.79. The van der Waals surface area contributed by atoms with Crippen LogP contribution in [-0.2, 0) is 0 Å². The molecule has 12 heavy (non-hydrogen) atoms. The molecule has 0 aliphatic rings. The number of rotatable bonds is 0. The number of aryl methyl sites for hydroxylation is 1. The maximum absolute atomic E-state index is 4.11. The van der Waals surface area contributed by atoms with Gasteiger partial charge in [-0.1, -0.05) is 0 Å². The summed E-state index contributed by atoms with van der Waals surface area (Å²) in [6, 6.07) is 0. The average molecular weight is 270 g/mol. The van der Waals surface area contributed by atoms with Gasteiger partial charge in [-0.15, -0.1) is 0 Å². The second-order valence-electron chi connectivity index (χ2n) is 2.68. The van der Waals surface area contributed by atoms with E-state index in [0.29, 0.717) is 0 Å². The smallest absolute Gasteiger partial charge is 0.0408 e. The third-order valence-corrected chi connectivity index (χ3v) is 2.62. The predicted molar refractivity (Wildman–Crippen MR) is 57.0 cm³/mol. The third kappa shape index (κ3) is 1.18. The van der Waals surface area contributed by atoms with Crippen LogP contribution in [0.5, 0.6) is 0 Å². The molecule has 2 aromatic heterocycles. The molecule has 2 aromatic rings. The predicted octanol–water partition coefficient (Wildman–Crippen LogP) is 2.54. The summed E-state index contributed by atoms with van der Waals surface area (Å²) in [6.07, 6.45) is 7.44. The molecule has 0 spiro atoms. The van der Waals surface area contributed by atoms with E-state index in [1.807, 2.05) is 24.8 Å². The number of halogens is 1. The van der Waals surface area contributed by atoms with Crippen molar-refractivity contribution in [2.45, 2.75) is 6.92 Å². The molecule has 0 saturated heterocycles. The molecule has 0 radical (unpaired) electrons. The van der Waals surface area contributed by atoms with E-state index in [1.54, 1.807) is 0 Å². The van der Waals surface area contributed by atoms with Gasteiger partial charge < -0.3 is 0 Å². The second kappa shape index (κ2) is 2.97. The molecule has 0 bridgehead atoms. The number of aromatic nitrogens is 2. The van der Waals surface area contributed by atoms with E-state index in [4.69, 9.17) is 0 Å². The largest absolute Gasteiger partial charge is 0.264 e. The fourth-order valence-corrected chi connectivity index (χ4v) is 2.16. The van der Waals surface area contributed by atoms with Crippen LogP contribution in [0.3, 0.4) is 0 Å². The normalized spacial score (nSPS) is 10.5. The Morgan fingerprint density at radius 1 is 1.08 bits per heavy atom. The van der Waals surface area contributed by atoms with E-state index < -0.39 is 0 Å². The van der Waals surface area contributed by atoms with Crippen LogP contribution in [0.25, 0.3) is 10.8 Å². The minimum Gasteiger partial charge on any atom is -0.264 e. The molecule has 0 atom stereocenters. The fourth-order valence-electron chi connectivity index (χ4n) is 1.26. The Balaban J connectivity index is 2.96. The molecule has 2 nitrogen and oxygen atoms in total. The molecule has 3 heteroatoms. The first kappa shape index (κ1) is 7.91. The van der Waals surface area contributed by atoms with Gasteiger partial charge in [-0.3, -0.25) is 9.97 Å². The van der Waals surface area contributed by atoms with Crippen molar-refractivity contribution >= 4 is 33.4 Å². The van der Waals surface area contributed by atoms with E-state index in [1.165, 1.54) is 14.5 Å². The van der Waals surface area contributed by atoms with Crippen LogP contribution in [-0.4, -0.2) is 9.97 Å². The van der Waals surface area contributed by atoms with Gasteiger partial charge in [0.25, 0.3) is 0 Å². The number of hydrogen-bond acceptors (Lipinski definition) is 2. The van der Waals surface area contributed by atoms with Crippen molar-refractivity contribution in [2.24, 2.45) is 0 Å². The zero-order valence-electron chi connectivity index (χ0n) is 6.58. The molecule has 0 fully saturated rings. The number of hydrogen-bond donors (Lipinski definition) is 0. The number of fused-ring (bicyclic) bond motifs is 1. The highest BCUT2D eigenvalue weighted by Gasteiger charge is 2.00. The minimum absolute atomic E-state index is 1.11. The lowest BCUT2D eigenvalue weighted by atomic mass is 10.1. The highest BCUT2D eigenvalue weighted by Crippen LogP contribution is 2.21. The Morgan fingerprint density at radius 3 is 2.42 bits per heavy atom. The minimum atomic E-state index is 1.11. The molecule has 2 rings (SSSR count). The lowest BCUT2D eigenvalue weighted by Crippen LogP contribution is -1.86. The zero-order chi connectivity index (χ0) is 8.55. The lowest BCUT2D eigenvalue weighted by molar-refractivity contribution is 1.27. The van der Waals surface area contributed by atoms with Crippen molar-refractivity contribution < 1.29 is 0 Å². The molecule has 0 amide bonds. The van der Waals surface area contributed by atoms with Crippen LogP contribution in [0, 0.1) is 10.5 Å². The quantitative estimate of drug-likeness (QED) is 0.687. The molecule has 0 aliphatic carbocycles. The highest BCUT2D eigenvalue weighted by molar-refractivity contribution is 14.1. The van der Waals surface area contributed by atoms with Crippen LogP contribution in [0.15, 0.2) is 24.8 Å². The van der Waals surface area contributed by atoms with E-state index >= 15 is 0 Å². The molecule has 60 valence electrons. The van der Waals surface area contributed by atoms with E-state index in [2.05, 4.69) is 39.5 Å². The van der Waals surface area contributed by atoms with Crippen molar-refractivity contribution in [1.82, 2.24) is 9.97 Å². The number of nitrogens with zero attached hydrogens (tertiary/aromatic N) is 2. The van der Waals surface area contributed by atoms with Gasteiger partial charge in [0.15, 0.2) is 0 Å². The molecular weight excluding hydrogens is 263 g/mol. The molecule has 0 unspecified atom stereocenters. The molecular formula is C9H7IN2. The molecule has 0 aromatic carbocycles. The molecule has 0 aliphatic heterocycles. The van der Waals surface area contributed by atoms with E-state index in [-0.39, 0.29) is 0 Å². The summed E-state index contributed by atoms with van der Waals surface area (Å²) in [5, 5.41) is 2.38. The van der Waals surface area contributed by atoms with Crippen molar-refractivity contribution in [3.05, 3.63) is 33.9 Å². The summed E-state index contributed by atoms with van der Waals surface area (Å²) in [4.78, 5) is 8.22. The Hall–Kier alpha value is -0.710. The van der Waals surface area contributed by atoms with Crippen LogP contribution in [0.2, 0.25) is 0 Å². The first-order valence-corrected chi connectivity index (χ1v) is 4.71. The second-order valence-corrected chi connectivity index (χ2v) is 3.84. The Morgan fingerprint density at radius 2 is 1.75 bits per heavy atom. The summed E-state index contributed by atoms with van der Waals surface area (Å²) < 4.78 is 1.19. The van der Waals surface area contributed by atoms with Gasteiger partial charge in [-0.2, -0.15) is 0 Å². The summed E-state index contributed by atoms with van der Waals surface area (Å²) in [5.74, 6) is 0. The van der Waals surface area contributed by atoms with Crippen LogP contribution >= 0.6 is 22.6 Å². The van der Waals surface area contributed by atoms with E-state index in [0.717, 1.165) is 5.39 Å². The van der Waals surface area contributed by atoms with Gasteiger partial charge in [0, 0.05) is 39.1 Å². The Bertz CT molecular complexity index is 389. The van der Waals surface area contributed by atoms with Crippen LogP contribution < -0.4 is 0 Å². The van der Waals surface area contributed by atoms with Gasteiger partial charge >= 0.3 is 0 Å². The Labute approximate surface area is 84.2 Å². The summed E-state index contributed by atoms with van der Waals surface area (Å²) in [5.41, 5.74) is 1.21. The van der Waals surface area contributed by atoms with Gasteiger partial charge in [0.1, 0.15) is 0 Å². The Kier molecular flexibility index (Phi) is 1.96. The summed E-state index contributed by atoms with van der Waals surface area (Å²) in [7, 11) is 0. The average Bonchev–Trinajstić information content (AvgIpc) is 2.04. The topological polar surface area (TPSA) is 25.8 Å². The van der Waals surface area contributed by atoms with Crippen molar-refractivity contribution in [3.63, 3.8) is 0 Å². The van der Waals surface area contributed by atoms with Crippen molar-refractivity contribution in [2.75, 3.05) is 0 Å². The van der Waals surface area contributed by atoms with Crippen molar-refractivity contribution in [3.8, 4) is 0 Å². The standard InChI is InChI=1S/C9H7IN2/c1-6-2-11-3-7-4-12-5-8(10)9(6)7/h2-5H,1H3. The van der Waals surface area contributed by atoms with Gasteiger partial charge in [0.2, 0.25) is 0 Å². The zero-order valence-corrected chi connectivity index (χ0v) is 8.74. The molecule has 2 heterocycles. The summed E-state index contributed by atoms with van der Waals surface area (Å²) >= 11 is 2.29. The summed E-state index contributed by atoms with van der Waals surface area (Å²) in [6.45, 7) is 2.07. The maximum atomic E-state index is 4.11. The maximum Gasteiger partial charge on any atom is 0.0408 e. The van der Waals surface area contributed by atoms with Crippen LogP contribution in [0.4, 0.5) is 0 Å².